The maximum atomic E-state index is 2.66. The Balaban J connectivity index is 1.28. The number of nitrogens with zero attached hydrogens (tertiary/aromatic N) is 2. The fraction of sp³-hybridized carbons (Fsp3) is 0. The van der Waals surface area contributed by atoms with Gasteiger partial charge in [0.1, 0.15) is 0 Å². The molecule has 0 spiro atoms. The first-order valence-electron chi connectivity index (χ1n) is 22.0. The molecule has 0 aliphatic carbocycles. The number of hydrogen-bond donors (Lipinski definition) is 0. The summed E-state index contributed by atoms with van der Waals surface area (Å²) in [7, 11) is 0. The molecule has 0 radical (unpaired) electrons. The Labute approximate surface area is 365 Å². The zero-order valence-corrected chi connectivity index (χ0v) is 34.3. The van der Waals surface area contributed by atoms with Gasteiger partial charge in [0.2, 0.25) is 0 Å². The van der Waals surface area contributed by atoms with Crippen LogP contribution >= 0.6 is 0 Å². The average molecular weight is 797 g/mol. The van der Waals surface area contributed by atoms with Crippen LogP contribution in [0.15, 0.2) is 224 Å². The second kappa shape index (κ2) is 13.2. The fourth-order valence-electron chi connectivity index (χ4n) is 11.4. The summed E-state index contributed by atoms with van der Waals surface area (Å²) in [5.41, 5.74) is 21.3. The van der Waals surface area contributed by atoms with Crippen LogP contribution in [0, 0.1) is 0 Å². The first-order chi connectivity index (χ1) is 31.3. The maximum Gasteiger partial charge on any atom is 0.253 e. The van der Waals surface area contributed by atoms with Crippen LogP contribution in [0.3, 0.4) is 0 Å². The van der Waals surface area contributed by atoms with E-state index in [1.165, 1.54) is 127 Å². The van der Waals surface area contributed by atoms with Crippen LogP contribution in [0.2, 0.25) is 0 Å². The summed E-state index contributed by atoms with van der Waals surface area (Å²) >= 11 is 0. The number of fused-ring (bicyclic) bond motifs is 8. The second-order valence-corrected chi connectivity index (χ2v) is 17.1. The van der Waals surface area contributed by atoms with Crippen molar-refractivity contribution in [1.29, 1.82) is 0 Å². The van der Waals surface area contributed by atoms with Crippen molar-refractivity contribution in [3.8, 4) is 67.3 Å². The summed E-state index contributed by atoms with van der Waals surface area (Å²) in [6, 6.07) is 83.5. The van der Waals surface area contributed by atoms with Gasteiger partial charge in [-0.05, 0) is 89.5 Å². The average Bonchev–Trinajstić information content (AvgIpc) is 3.90. The van der Waals surface area contributed by atoms with E-state index in [0.29, 0.717) is 0 Å². The number of benzene rings is 10. The molecule has 2 nitrogen and oxygen atoms in total. The van der Waals surface area contributed by atoms with E-state index >= 15 is 0 Å². The van der Waals surface area contributed by atoms with Crippen LogP contribution in [0.4, 0.5) is 0 Å². The summed E-state index contributed by atoms with van der Waals surface area (Å²) in [5.74, 6) is 0. The lowest BCUT2D eigenvalue weighted by Gasteiger charge is -2.36. The SMILES string of the molecule is c1ccc(-c2cc3c4c(c2)-n2c(-c5ccccc5)c(-c5ccccc5)c5c6ccccc6cc(c52)B4c2c4ccccc4cc4c(-c5ccccc5)c(-c5ccccc5)n-3c24)cc1. The molecule has 0 unspecified atom stereocenters. The van der Waals surface area contributed by atoms with E-state index in [-0.39, 0.29) is 6.71 Å². The van der Waals surface area contributed by atoms with Crippen LogP contribution in [0.25, 0.3) is 111 Å². The van der Waals surface area contributed by atoms with Gasteiger partial charge in [0.05, 0.1) is 22.4 Å². The highest BCUT2D eigenvalue weighted by Gasteiger charge is 2.44. The monoisotopic (exact) mass is 796 g/mol. The molecule has 0 atom stereocenters. The second-order valence-electron chi connectivity index (χ2n) is 17.1. The molecule has 0 saturated heterocycles. The summed E-state index contributed by atoms with van der Waals surface area (Å²) < 4.78 is 5.32. The van der Waals surface area contributed by atoms with Crippen molar-refractivity contribution in [2.45, 2.75) is 0 Å². The zero-order chi connectivity index (χ0) is 41.2. The van der Waals surface area contributed by atoms with Gasteiger partial charge in [-0.1, -0.05) is 206 Å². The topological polar surface area (TPSA) is 9.86 Å². The highest BCUT2D eigenvalue weighted by atomic mass is 15.0. The maximum absolute atomic E-state index is 2.66. The standard InChI is InChI=1S/C60H37BN2/c1-6-20-38(21-7-1)45-36-50-56-51(37-45)63-58(42-28-14-5-15-29-42)53(40-24-10-3-11-25-40)54-46-32-18-16-31-44(46)35-49(60(54)63)61(56)55-47-33-19-17-30-43(47)34-48-52(39-22-8-2-9-23-39)57(62(50)59(48)55)41-26-12-4-13-27-41/h1-37H. The minimum Gasteiger partial charge on any atom is -0.310 e. The molecule has 3 heteroatoms. The highest BCUT2D eigenvalue weighted by Crippen LogP contribution is 2.50. The van der Waals surface area contributed by atoms with Crippen molar-refractivity contribution >= 4 is 66.5 Å². The molecule has 12 aromatic rings. The summed E-state index contributed by atoms with van der Waals surface area (Å²) in [6.07, 6.45) is 0. The van der Waals surface area contributed by atoms with Gasteiger partial charge >= 0.3 is 0 Å². The van der Waals surface area contributed by atoms with Crippen LogP contribution < -0.4 is 16.4 Å². The van der Waals surface area contributed by atoms with E-state index < -0.39 is 0 Å². The summed E-state index contributed by atoms with van der Waals surface area (Å²) in [4.78, 5) is 0. The molecule has 14 rings (SSSR count). The van der Waals surface area contributed by atoms with Gasteiger partial charge in [-0.3, -0.25) is 0 Å². The summed E-state index contributed by atoms with van der Waals surface area (Å²) in [6.45, 7) is -0.0511. The van der Waals surface area contributed by atoms with E-state index in [9.17, 15) is 0 Å². The van der Waals surface area contributed by atoms with Gasteiger partial charge in [-0.2, -0.15) is 0 Å². The lowest BCUT2D eigenvalue weighted by atomic mass is 9.33. The Bertz CT molecular complexity index is 3810. The Kier molecular flexibility index (Phi) is 7.23. The smallest absolute Gasteiger partial charge is 0.253 e. The van der Waals surface area contributed by atoms with E-state index in [4.69, 9.17) is 0 Å². The molecule has 0 bridgehead atoms. The Hall–Kier alpha value is -8.14. The molecular formula is C60H37BN2. The number of hydrogen-bond acceptors (Lipinski definition) is 0. The Morgan fingerprint density at radius 3 is 1.33 bits per heavy atom. The van der Waals surface area contributed by atoms with Crippen molar-refractivity contribution in [1.82, 2.24) is 9.13 Å². The molecule has 2 aliphatic rings. The third-order valence-electron chi connectivity index (χ3n) is 13.8. The number of rotatable bonds is 5. The molecular weight excluding hydrogens is 759 g/mol. The molecule has 0 saturated carbocycles. The molecule has 0 amide bonds. The minimum atomic E-state index is -0.0511. The lowest BCUT2D eigenvalue weighted by molar-refractivity contribution is 1.10. The van der Waals surface area contributed by atoms with E-state index in [1.807, 2.05) is 0 Å². The largest absolute Gasteiger partial charge is 0.310 e. The predicted molar refractivity (Wildman–Crippen MR) is 267 cm³/mol. The van der Waals surface area contributed by atoms with Crippen molar-refractivity contribution in [2.75, 3.05) is 0 Å². The van der Waals surface area contributed by atoms with Gasteiger partial charge in [-0.25, -0.2) is 0 Å². The molecule has 4 heterocycles. The normalized spacial score (nSPS) is 12.4. The van der Waals surface area contributed by atoms with E-state index in [2.05, 4.69) is 234 Å². The third-order valence-corrected chi connectivity index (χ3v) is 13.8. The van der Waals surface area contributed by atoms with Crippen LogP contribution in [0.5, 0.6) is 0 Å². The molecule has 0 fully saturated rings. The van der Waals surface area contributed by atoms with Crippen molar-refractivity contribution in [3.05, 3.63) is 224 Å². The minimum absolute atomic E-state index is 0.0511. The molecule has 2 aliphatic heterocycles. The van der Waals surface area contributed by atoms with Gasteiger partial charge in [0.15, 0.2) is 0 Å². The zero-order valence-electron chi connectivity index (χ0n) is 34.3. The predicted octanol–water partition coefficient (Wildman–Crippen LogP) is 13.4. The van der Waals surface area contributed by atoms with Crippen molar-refractivity contribution in [3.63, 3.8) is 0 Å². The van der Waals surface area contributed by atoms with Gasteiger partial charge in [0, 0.05) is 33.3 Å². The fourth-order valence-corrected chi connectivity index (χ4v) is 11.4. The Morgan fingerprint density at radius 1 is 0.302 bits per heavy atom. The van der Waals surface area contributed by atoms with Crippen LogP contribution in [-0.2, 0) is 0 Å². The molecule has 0 N–H and O–H groups in total. The summed E-state index contributed by atoms with van der Waals surface area (Å²) in [5, 5.41) is 7.66. The van der Waals surface area contributed by atoms with E-state index in [0.717, 1.165) is 0 Å². The van der Waals surface area contributed by atoms with Gasteiger partial charge in [0.25, 0.3) is 6.71 Å². The quantitative estimate of drug-likeness (QED) is 0.154. The van der Waals surface area contributed by atoms with Crippen LogP contribution in [-0.4, -0.2) is 15.8 Å². The van der Waals surface area contributed by atoms with E-state index in [1.54, 1.807) is 0 Å². The first-order valence-corrected chi connectivity index (χ1v) is 22.0. The molecule has 290 valence electrons. The van der Waals surface area contributed by atoms with Crippen LogP contribution in [0.1, 0.15) is 0 Å². The first kappa shape index (κ1) is 34.6. The Morgan fingerprint density at radius 2 is 0.746 bits per heavy atom. The van der Waals surface area contributed by atoms with Gasteiger partial charge in [-0.15, -0.1) is 0 Å². The van der Waals surface area contributed by atoms with Crippen molar-refractivity contribution in [2.24, 2.45) is 0 Å². The van der Waals surface area contributed by atoms with Gasteiger partial charge < -0.3 is 9.13 Å². The highest BCUT2D eigenvalue weighted by molar-refractivity contribution is 7.01. The lowest BCUT2D eigenvalue weighted by Crippen LogP contribution is -2.59. The van der Waals surface area contributed by atoms with Crippen molar-refractivity contribution < 1.29 is 0 Å². The third kappa shape index (κ3) is 4.79. The molecule has 10 aromatic carbocycles. The molecule has 63 heavy (non-hydrogen) atoms. The molecule has 2 aromatic heterocycles. The number of aromatic nitrogens is 2.